The summed E-state index contributed by atoms with van der Waals surface area (Å²) in [5, 5.41) is 5.42. The van der Waals surface area contributed by atoms with Gasteiger partial charge in [0.15, 0.2) is 11.6 Å². The normalized spacial score (nSPS) is 10.3. The Balaban J connectivity index is 1.71. The fourth-order valence-corrected chi connectivity index (χ4v) is 2.55. The van der Waals surface area contributed by atoms with Gasteiger partial charge in [0.2, 0.25) is 0 Å². The average Bonchev–Trinajstić information content (AvgIpc) is 2.66. The molecule has 2 N–H and O–H groups in total. The molecule has 4 nitrogen and oxygen atoms in total. The summed E-state index contributed by atoms with van der Waals surface area (Å²) in [7, 11) is 0. The Bertz CT molecular complexity index is 1010. The third-order valence-corrected chi connectivity index (χ3v) is 4.01. The molecule has 0 aliphatic rings. The molecule has 3 aromatic carbocycles. The number of amides is 2. The minimum atomic E-state index is -1.11. The van der Waals surface area contributed by atoms with Crippen LogP contribution in [0.1, 0.15) is 20.7 Å². The first-order chi connectivity index (χ1) is 12.9. The average molecular weight is 387 g/mol. The van der Waals surface area contributed by atoms with Crippen LogP contribution in [0, 0.1) is 11.6 Å². The van der Waals surface area contributed by atoms with E-state index in [4.69, 9.17) is 11.6 Å². The van der Waals surface area contributed by atoms with E-state index in [1.165, 1.54) is 24.3 Å². The molecule has 0 fully saturated rings. The molecule has 2 amide bonds. The van der Waals surface area contributed by atoms with Crippen molar-refractivity contribution in [1.82, 2.24) is 0 Å². The number of halogens is 3. The summed E-state index contributed by atoms with van der Waals surface area (Å²) in [4.78, 5) is 24.3. The molecule has 3 rings (SSSR count). The van der Waals surface area contributed by atoms with Crippen LogP contribution in [0.5, 0.6) is 0 Å². The lowest BCUT2D eigenvalue weighted by Crippen LogP contribution is -2.14. The highest BCUT2D eigenvalue weighted by Crippen LogP contribution is 2.26. The second-order valence-corrected chi connectivity index (χ2v) is 6.00. The van der Waals surface area contributed by atoms with Crippen LogP contribution < -0.4 is 10.6 Å². The van der Waals surface area contributed by atoms with E-state index in [0.717, 1.165) is 12.1 Å². The van der Waals surface area contributed by atoms with E-state index < -0.39 is 17.5 Å². The molecule has 0 aliphatic carbocycles. The van der Waals surface area contributed by atoms with E-state index >= 15 is 0 Å². The van der Waals surface area contributed by atoms with Crippen LogP contribution >= 0.6 is 11.6 Å². The highest BCUT2D eigenvalue weighted by Gasteiger charge is 2.12. The lowest BCUT2D eigenvalue weighted by atomic mass is 10.2. The first-order valence-corrected chi connectivity index (χ1v) is 8.24. The number of rotatable bonds is 4. The first kappa shape index (κ1) is 18.5. The Kier molecular flexibility index (Phi) is 5.47. The van der Waals surface area contributed by atoms with Gasteiger partial charge in [-0.15, -0.1) is 0 Å². The van der Waals surface area contributed by atoms with Crippen molar-refractivity contribution in [1.29, 1.82) is 0 Å². The number of nitrogens with one attached hydrogen (secondary N) is 2. The number of benzene rings is 3. The van der Waals surface area contributed by atoms with Gasteiger partial charge in [-0.2, -0.15) is 0 Å². The number of anilines is 2. The topological polar surface area (TPSA) is 58.2 Å². The zero-order valence-corrected chi connectivity index (χ0v) is 14.6. The van der Waals surface area contributed by atoms with Crippen molar-refractivity contribution in [2.24, 2.45) is 0 Å². The van der Waals surface area contributed by atoms with Crippen molar-refractivity contribution in [3.8, 4) is 0 Å². The lowest BCUT2D eigenvalue weighted by Gasteiger charge is -2.10. The molecule has 0 bridgehead atoms. The number of hydrogen-bond acceptors (Lipinski definition) is 2. The van der Waals surface area contributed by atoms with Gasteiger partial charge in [0, 0.05) is 16.8 Å². The minimum absolute atomic E-state index is 0.0357. The highest BCUT2D eigenvalue weighted by molar-refractivity contribution is 6.34. The largest absolute Gasteiger partial charge is 0.322 e. The molecule has 7 heteroatoms. The van der Waals surface area contributed by atoms with Crippen LogP contribution in [0.3, 0.4) is 0 Å². The minimum Gasteiger partial charge on any atom is -0.322 e. The van der Waals surface area contributed by atoms with Gasteiger partial charge in [-0.1, -0.05) is 29.8 Å². The van der Waals surface area contributed by atoms with Crippen LogP contribution in [-0.2, 0) is 0 Å². The quantitative estimate of drug-likeness (QED) is 0.653. The van der Waals surface area contributed by atoms with Gasteiger partial charge >= 0.3 is 0 Å². The third kappa shape index (κ3) is 4.48. The molecular formula is C20H13ClF2N2O2. The molecule has 0 saturated heterocycles. The van der Waals surface area contributed by atoms with E-state index in [0.29, 0.717) is 16.9 Å². The van der Waals surface area contributed by atoms with Crippen molar-refractivity contribution in [3.05, 3.63) is 94.5 Å². The second-order valence-electron chi connectivity index (χ2n) is 5.60. The predicted octanol–water partition coefficient (Wildman–Crippen LogP) is 5.12. The molecule has 3 aromatic rings. The monoisotopic (exact) mass is 386 g/mol. The Morgan fingerprint density at radius 2 is 1.44 bits per heavy atom. The molecule has 0 aromatic heterocycles. The van der Waals surface area contributed by atoms with Gasteiger partial charge in [0.25, 0.3) is 11.8 Å². The molecule has 0 spiro atoms. The number of carbonyl (C=O) groups is 2. The summed E-state index contributed by atoms with van der Waals surface area (Å²) in [6.07, 6.45) is 0. The zero-order chi connectivity index (χ0) is 19.4. The van der Waals surface area contributed by atoms with Gasteiger partial charge in [-0.05, 0) is 48.5 Å². The van der Waals surface area contributed by atoms with Crippen molar-refractivity contribution in [2.45, 2.75) is 0 Å². The van der Waals surface area contributed by atoms with E-state index in [-0.39, 0.29) is 16.5 Å². The number of carbonyl (C=O) groups excluding carboxylic acids is 2. The summed E-state index contributed by atoms with van der Waals surface area (Å²) in [5.74, 6) is -3.09. The standard InChI is InChI=1S/C20H13ClF2N2O2/c21-15-11-14(24-20(27)13-6-8-16(22)17(23)10-13)7-9-18(15)25-19(26)12-4-2-1-3-5-12/h1-11H,(H,24,27)(H,25,26). The van der Waals surface area contributed by atoms with Crippen LogP contribution in [0.25, 0.3) is 0 Å². The Labute approximate surface area is 158 Å². The van der Waals surface area contributed by atoms with Crippen LogP contribution in [0.2, 0.25) is 5.02 Å². The summed E-state index contributed by atoms with van der Waals surface area (Å²) in [6, 6.07) is 16.0. The molecule has 0 unspecified atom stereocenters. The molecule has 0 saturated carbocycles. The van der Waals surface area contributed by atoms with E-state index in [1.807, 2.05) is 0 Å². The smallest absolute Gasteiger partial charge is 0.255 e. The molecular weight excluding hydrogens is 374 g/mol. The van der Waals surface area contributed by atoms with Gasteiger partial charge in [0.1, 0.15) is 0 Å². The summed E-state index contributed by atoms with van der Waals surface area (Å²) < 4.78 is 26.2. The van der Waals surface area contributed by atoms with Gasteiger partial charge in [-0.25, -0.2) is 8.78 Å². The maximum Gasteiger partial charge on any atom is 0.255 e. The van der Waals surface area contributed by atoms with Crippen molar-refractivity contribution < 1.29 is 18.4 Å². The predicted molar refractivity (Wildman–Crippen MR) is 100 cm³/mol. The third-order valence-electron chi connectivity index (χ3n) is 3.69. The van der Waals surface area contributed by atoms with Gasteiger partial charge in [-0.3, -0.25) is 9.59 Å². The molecule has 0 radical (unpaired) electrons. The van der Waals surface area contributed by atoms with E-state index in [1.54, 1.807) is 30.3 Å². The summed E-state index contributed by atoms with van der Waals surface area (Å²) >= 11 is 6.16. The van der Waals surface area contributed by atoms with Gasteiger partial charge < -0.3 is 10.6 Å². The molecule has 0 atom stereocenters. The lowest BCUT2D eigenvalue weighted by molar-refractivity contribution is 0.101. The highest BCUT2D eigenvalue weighted by atomic mass is 35.5. The van der Waals surface area contributed by atoms with Crippen LogP contribution in [0.4, 0.5) is 20.2 Å². The van der Waals surface area contributed by atoms with Crippen molar-refractivity contribution >= 4 is 34.8 Å². The van der Waals surface area contributed by atoms with E-state index in [9.17, 15) is 18.4 Å². The first-order valence-electron chi connectivity index (χ1n) is 7.86. The summed E-state index contributed by atoms with van der Waals surface area (Å²) in [5.41, 5.74) is 1.15. The van der Waals surface area contributed by atoms with Crippen LogP contribution in [-0.4, -0.2) is 11.8 Å². The van der Waals surface area contributed by atoms with E-state index in [2.05, 4.69) is 10.6 Å². The SMILES string of the molecule is O=C(Nc1ccc(NC(=O)c2ccccc2)c(Cl)c1)c1ccc(F)c(F)c1. The van der Waals surface area contributed by atoms with Crippen molar-refractivity contribution in [2.75, 3.05) is 10.6 Å². The fraction of sp³-hybridized carbons (Fsp3) is 0. The maximum absolute atomic E-state index is 13.2. The Morgan fingerprint density at radius 1 is 0.741 bits per heavy atom. The zero-order valence-electron chi connectivity index (χ0n) is 13.8. The fourth-order valence-electron chi connectivity index (χ4n) is 2.32. The van der Waals surface area contributed by atoms with Crippen LogP contribution in [0.15, 0.2) is 66.7 Å². The van der Waals surface area contributed by atoms with Crippen molar-refractivity contribution in [3.63, 3.8) is 0 Å². The molecule has 0 aliphatic heterocycles. The molecule has 27 heavy (non-hydrogen) atoms. The number of hydrogen-bond donors (Lipinski definition) is 2. The molecule has 136 valence electrons. The summed E-state index contributed by atoms with van der Waals surface area (Å²) in [6.45, 7) is 0. The Morgan fingerprint density at radius 3 is 2.11 bits per heavy atom. The molecule has 0 heterocycles. The maximum atomic E-state index is 13.2. The van der Waals surface area contributed by atoms with Gasteiger partial charge in [0.05, 0.1) is 10.7 Å². The second kappa shape index (κ2) is 7.97. The Hall–Kier alpha value is -3.25.